The van der Waals surface area contributed by atoms with Crippen molar-refractivity contribution in [1.82, 2.24) is 10.2 Å². The number of benzene rings is 1. The quantitative estimate of drug-likeness (QED) is 0.666. The minimum atomic E-state index is -0.230. The van der Waals surface area contributed by atoms with Crippen molar-refractivity contribution in [2.24, 2.45) is 0 Å². The summed E-state index contributed by atoms with van der Waals surface area (Å²) in [4.78, 5) is 11.7. The highest BCUT2D eigenvalue weighted by Crippen LogP contribution is 2.20. The highest BCUT2D eigenvalue weighted by Gasteiger charge is 2.09. The van der Waals surface area contributed by atoms with Gasteiger partial charge in [-0.25, -0.2) is 0 Å². The van der Waals surface area contributed by atoms with E-state index in [2.05, 4.69) is 15.5 Å². The van der Waals surface area contributed by atoms with Gasteiger partial charge in [-0.1, -0.05) is 6.07 Å². The van der Waals surface area contributed by atoms with E-state index in [-0.39, 0.29) is 5.91 Å². The Morgan fingerprint density at radius 3 is 2.94 bits per heavy atom. The van der Waals surface area contributed by atoms with Gasteiger partial charge in [0.15, 0.2) is 0 Å². The predicted molar refractivity (Wildman–Crippen MR) is 62.1 cm³/mol. The van der Waals surface area contributed by atoms with E-state index < -0.39 is 0 Å². The Balaban J connectivity index is 2.22. The number of amides is 1. The Hall–Kier alpha value is -2.30. The minimum Gasteiger partial charge on any atom is -0.398 e. The number of hydrogen-bond acceptors (Lipinski definition) is 3. The number of carbonyl (C=O) groups is 1. The van der Waals surface area contributed by atoms with Gasteiger partial charge < -0.3 is 11.1 Å². The Bertz CT molecular complexity index is 505. The molecule has 2 rings (SSSR count). The molecule has 2 aromatic rings. The standard InChI is InChI=1S/C11H12N4O/c1-7-8(12)3-2-4-9(7)14-11(16)10-5-6-13-15-10/h2-6H,12H2,1H3,(H,13,15)(H,14,16). The summed E-state index contributed by atoms with van der Waals surface area (Å²) in [7, 11) is 0. The summed E-state index contributed by atoms with van der Waals surface area (Å²) in [5, 5.41) is 9.08. The normalized spacial score (nSPS) is 10.1. The van der Waals surface area contributed by atoms with Crippen LogP contribution in [0.1, 0.15) is 16.1 Å². The van der Waals surface area contributed by atoms with Gasteiger partial charge in [0.2, 0.25) is 0 Å². The van der Waals surface area contributed by atoms with Crippen molar-refractivity contribution < 1.29 is 4.79 Å². The molecule has 0 saturated carbocycles. The highest BCUT2D eigenvalue weighted by atomic mass is 16.1. The minimum absolute atomic E-state index is 0.230. The monoisotopic (exact) mass is 216 g/mol. The molecular weight excluding hydrogens is 204 g/mol. The molecule has 5 nitrogen and oxygen atoms in total. The highest BCUT2D eigenvalue weighted by molar-refractivity contribution is 6.03. The molecule has 0 spiro atoms. The summed E-state index contributed by atoms with van der Waals surface area (Å²) in [5.74, 6) is -0.230. The van der Waals surface area contributed by atoms with Crippen LogP contribution in [0.4, 0.5) is 11.4 Å². The van der Waals surface area contributed by atoms with Crippen molar-refractivity contribution >= 4 is 17.3 Å². The van der Waals surface area contributed by atoms with E-state index >= 15 is 0 Å². The number of carbonyl (C=O) groups excluding carboxylic acids is 1. The molecule has 16 heavy (non-hydrogen) atoms. The number of nitrogens with zero attached hydrogens (tertiary/aromatic N) is 1. The molecule has 0 aliphatic carbocycles. The molecule has 4 N–H and O–H groups in total. The van der Waals surface area contributed by atoms with Gasteiger partial charge in [0.1, 0.15) is 5.69 Å². The van der Waals surface area contributed by atoms with Crippen molar-refractivity contribution in [3.8, 4) is 0 Å². The number of nitrogens with one attached hydrogen (secondary N) is 2. The lowest BCUT2D eigenvalue weighted by Gasteiger charge is -2.08. The first kappa shape index (κ1) is 10.2. The fourth-order valence-electron chi connectivity index (χ4n) is 1.36. The molecule has 1 aromatic carbocycles. The van der Waals surface area contributed by atoms with Gasteiger partial charge >= 0.3 is 0 Å². The van der Waals surface area contributed by atoms with Crippen molar-refractivity contribution in [3.63, 3.8) is 0 Å². The molecule has 0 fully saturated rings. The molecule has 0 unspecified atom stereocenters. The Labute approximate surface area is 92.7 Å². The second-order valence-corrected chi connectivity index (χ2v) is 3.44. The number of hydrogen-bond donors (Lipinski definition) is 3. The average Bonchev–Trinajstić information content (AvgIpc) is 2.78. The summed E-state index contributed by atoms with van der Waals surface area (Å²) in [6.45, 7) is 1.86. The molecule has 0 radical (unpaired) electrons. The maximum atomic E-state index is 11.7. The van der Waals surface area contributed by atoms with E-state index in [0.29, 0.717) is 17.1 Å². The SMILES string of the molecule is Cc1c(N)cccc1NC(=O)c1ccn[nH]1. The van der Waals surface area contributed by atoms with Crippen molar-refractivity contribution in [2.45, 2.75) is 6.92 Å². The lowest BCUT2D eigenvalue weighted by Crippen LogP contribution is -2.13. The Kier molecular flexibility index (Phi) is 2.59. The predicted octanol–water partition coefficient (Wildman–Crippen LogP) is 1.55. The van der Waals surface area contributed by atoms with Crippen molar-refractivity contribution in [2.75, 3.05) is 11.1 Å². The third kappa shape index (κ3) is 1.88. The number of anilines is 2. The van der Waals surface area contributed by atoms with Crippen LogP contribution in [-0.2, 0) is 0 Å². The lowest BCUT2D eigenvalue weighted by molar-refractivity contribution is 0.102. The number of nitrogens with two attached hydrogens (primary N) is 1. The third-order valence-electron chi connectivity index (χ3n) is 2.37. The summed E-state index contributed by atoms with van der Waals surface area (Å²) < 4.78 is 0. The van der Waals surface area contributed by atoms with E-state index in [0.717, 1.165) is 5.56 Å². The smallest absolute Gasteiger partial charge is 0.273 e. The van der Waals surface area contributed by atoms with Crippen LogP contribution in [0, 0.1) is 6.92 Å². The van der Waals surface area contributed by atoms with Crippen LogP contribution in [0.25, 0.3) is 0 Å². The second kappa shape index (κ2) is 4.06. The molecule has 1 aromatic heterocycles. The van der Waals surface area contributed by atoms with E-state index in [9.17, 15) is 4.79 Å². The number of aromatic amines is 1. The molecule has 5 heteroatoms. The molecule has 0 saturated heterocycles. The molecule has 0 aliphatic heterocycles. The molecular formula is C11H12N4O. The maximum Gasteiger partial charge on any atom is 0.273 e. The van der Waals surface area contributed by atoms with Crippen molar-refractivity contribution in [1.29, 1.82) is 0 Å². The largest absolute Gasteiger partial charge is 0.398 e. The van der Waals surface area contributed by atoms with E-state index in [1.54, 1.807) is 24.3 Å². The van der Waals surface area contributed by atoms with Crippen LogP contribution in [-0.4, -0.2) is 16.1 Å². The third-order valence-corrected chi connectivity index (χ3v) is 2.37. The summed E-state index contributed by atoms with van der Waals surface area (Å²) >= 11 is 0. The zero-order chi connectivity index (χ0) is 11.5. The van der Waals surface area contributed by atoms with Gasteiger partial charge in [0.05, 0.1) is 0 Å². The molecule has 1 heterocycles. The van der Waals surface area contributed by atoms with Gasteiger partial charge in [-0.2, -0.15) is 5.10 Å². The first-order valence-electron chi connectivity index (χ1n) is 4.84. The second-order valence-electron chi connectivity index (χ2n) is 3.44. The summed E-state index contributed by atoms with van der Waals surface area (Å²) in [5.41, 5.74) is 8.38. The van der Waals surface area contributed by atoms with Gasteiger partial charge in [-0.05, 0) is 30.7 Å². The number of rotatable bonds is 2. The van der Waals surface area contributed by atoms with Gasteiger partial charge in [0.25, 0.3) is 5.91 Å². The maximum absolute atomic E-state index is 11.7. The van der Waals surface area contributed by atoms with Crippen molar-refractivity contribution in [3.05, 3.63) is 41.7 Å². The first-order valence-corrected chi connectivity index (χ1v) is 4.84. The zero-order valence-corrected chi connectivity index (χ0v) is 8.82. The lowest BCUT2D eigenvalue weighted by atomic mass is 10.1. The number of aromatic nitrogens is 2. The zero-order valence-electron chi connectivity index (χ0n) is 8.82. The fraction of sp³-hybridized carbons (Fsp3) is 0.0909. The van der Waals surface area contributed by atoms with Crippen LogP contribution in [0.5, 0.6) is 0 Å². The Morgan fingerprint density at radius 2 is 2.25 bits per heavy atom. The first-order chi connectivity index (χ1) is 7.68. The summed E-state index contributed by atoms with van der Waals surface area (Å²) in [6, 6.07) is 7.00. The molecule has 1 amide bonds. The molecule has 82 valence electrons. The number of nitrogen functional groups attached to an aromatic ring is 1. The topological polar surface area (TPSA) is 83.8 Å². The van der Waals surface area contributed by atoms with E-state index in [1.165, 1.54) is 6.20 Å². The van der Waals surface area contributed by atoms with Gasteiger partial charge in [-0.15, -0.1) is 0 Å². The van der Waals surface area contributed by atoms with Crippen LogP contribution < -0.4 is 11.1 Å². The van der Waals surface area contributed by atoms with Gasteiger partial charge in [-0.3, -0.25) is 9.89 Å². The number of H-pyrrole nitrogens is 1. The Morgan fingerprint density at radius 1 is 1.44 bits per heavy atom. The van der Waals surface area contributed by atoms with Gasteiger partial charge in [0, 0.05) is 17.6 Å². The van der Waals surface area contributed by atoms with E-state index in [1.807, 2.05) is 6.92 Å². The molecule has 0 aliphatic rings. The summed E-state index contributed by atoms with van der Waals surface area (Å²) in [6.07, 6.45) is 1.53. The van der Waals surface area contributed by atoms with E-state index in [4.69, 9.17) is 5.73 Å². The molecule has 0 bridgehead atoms. The van der Waals surface area contributed by atoms with Crippen LogP contribution >= 0.6 is 0 Å². The molecule has 0 atom stereocenters. The average molecular weight is 216 g/mol. The van der Waals surface area contributed by atoms with Crippen LogP contribution in [0.3, 0.4) is 0 Å². The van der Waals surface area contributed by atoms with Crippen LogP contribution in [0.2, 0.25) is 0 Å². The van der Waals surface area contributed by atoms with Crippen LogP contribution in [0.15, 0.2) is 30.5 Å². The fourth-order valence-corrected chi connectivity index (χ4v) is 1.36.